The highest BCUT2D eigenvalue weighted by Gasteiger charge is 2.18. The van der Waals surface area contributed by atoms with E-state index in [4.69, 9.17) is 16.6 Å². The molecule has 0 aliphatic carbocycles. The Kier molecular flexibility index (Phi) is 7.88. The monoisotopic (exact) mass is 486 g/mol. The first-order chi connectivity index (χ1) is 14.5. The molecular formula is C24H24BrClN2O2. The number of nitrogens with zero attached hydrogens (tertiary/aromatic N) is 2. The van der Waals surface area contributed by atoms with E-state index in [0.29, 0.717) is 28.2 Å². The molecule has 2 aromatic carbocycles. The van der Waals surface area contributed by atoms with Crippen molar-refractivity contribution in [3.63, 3.8) is 0 Å². The fourth-order valence-corrected chi connectivity index (χ4v) is 4.02. The van der Waals surface area contributed by atoms with Crippen LogP contribution in [-0.4, -0.2) is 20.6 Å². The van der Waals surface area contributed by atoms with E-state index in [0.717, 1.165) is 41.9 Å². The lowest BCUT2D eigenvalue weighted by molar-refractivity contribution is -0.132. The molecule has 4 nitrogen and oxygen atoms in total. The normalized spacial score (nSPS) is 11.6. The van der Waals surface area contributed by atoms with E-state index in [2.05, 4.69) is 27.4 Å². The molecule has 0 aliphatic rings. The standard InChI is InChI=1S/C24H24BrClN2O2/c1-2-3-13-22-27-23(25)21(28(22)16-18-11-7-8-12-20(18)26)15-19(24(29)30)14-17-9-5-4-6-10-17/h4-12,15H,2-3,13-14,16H2,1H3,(H,29,30). The van der Waals surface area contributed by atoms with Crippen LogP contribution in [0.1, 0.15) is 42.4 Å². The Bertz CT molecular complexity index is 1040. The van der Waals surface area contributed by atoms with Gasteiger partial charge in [-0.1, -0.05) is 73.5 Å². The Hall–Kier alpha value is -2.37. The Morgan fingerprint density at radius 2 is 1.87 bits per heavy atom. The molecule has 30 heavy (non-hydrogen) atoms. The van der Waals surface area contributed by atoms with Gasteiger partial charge in [0.2, 0.25) is 0 Å². The summed E-state index contributed by atoms with van der Waals surface area (Å²) < 4.78 is 2.71. The first kappa shape index (κ1) is 22.3. The molecule has 0 fully saturated rings. The van der Waals surface area contributed by atoms with Gasteiger partial charge in [0.15, 0.2) is 0 Å². The fraction of sp³-hybridized carbons (Fsp3) is 0.250. The van der Waals surface area contributed by atoms with Crippen LogP contribution in [0.15, 0.2) is 64.8 Å². The molecule has 3 aromatic rings. The van der Waals surface area contributed by atoms with Crippen LogP contribution < -0.4 is 0 Å². The first-order valence-corrected chi connectivity index (χ1v) is 11.1. The van der Waals surface area contributed by atoms with Crippen molar-refractivity contribution in [1.29, 1.82) is 0 Å². The summed E-state index contributed by atoms with van der Waals surface area (Å²) in [6.07, 6.45) is 4.93. The molecule has 1 heterocycles. The maximum atomic E-state index is 12.0. The molecule has 0 unspecified atom stereocenters. The number of carboxylic acid groups (broad SMARTS) is 1. The van der Waals surface area contributed by atoms with Gasteiger partial charge in [0.1, 0.15) is 10.4 Å². The van der Waals surface area contributed by atoms with Crippen LogP contribution in [-0.2, 0) is 24.2 Å². The largest absolute Gasteiger partial charge is 0.478 e. The van der Waals surface area contributed by atoms with Crippen LogP contribution in [0.4, 0.5) is 0 Å². The molecule has 0 saturated carbocycles. The fourth-order valence-electron chi connectivity index (χ4n) is 3.29. The van der Waals surface area contributed by atoms with Crippen LogP contribution >= 0.6 is 27.5 Å². The summed E-state index contributed by atoms with van der Waals surface area (Å²) in [7, 11) is 0. The number of carbonyl (C=O) groups is 1. The van der Waals surface area contributed by atoms with E-state index in [-0.39, 0.29) is 0 Å². The van der Waals surface area contributed by atoms with E-state index >= 15 is 0 Å². The highest BCUT2D eigenvalue weighted by Crippen LogP contribution is 2.26. The van der Waals surface area contributed by atoms with Crippen molar-refractivity contribution in [3.8, 4) is 0 Å². The molecular weight excluding hydrogens is 464 g/mol. The van der Waals surface area contributed by atoms with Crippen molar-refractivity contribution in [1.82, 2.24) is 9.55 Å². The zero-order valence-electron chi connectivity index (χ0n) is 16.8. The summed E-state index contributed by atoms with van der Waals surface area (Å²) >= 11 is 9.95. The summed E-state index contributed by atoms with van der Waals surface area (Å²) in [6, 6.07) is 17.3. The predicted molar refractivity (Wildman–Crippen MR) is 125 cm³/mol. The third-order valence-corrected chi connectivity index (χ3v) is 5.86. The summed E-state index contributed by atoms with van der Waals surface area (Å²) in [5.74, 6) is -0.0225. The highest BCUT2D eigenvalue weighted by molar-refractivity contribution is 9.10. The van der Waals surface area contributed by atoms with Gasteiger partial charge in [-0.2, -0.15) is 0 Å². The van der Waals surface area contributed by atoms with Gasteiger partial charge in [0.05, 0.1) is 12.2 Å². The lowest BCUT2D eigenvalue weighted by Gasteiger charge is -2.13. The van der Waals surface area contributed by atoms with Crippen LogP contribution in [0.25, 0.3) is 6.08 Å². The summed E-state index contributed by atoms with van der Waals surface area (Å²) in [5, 5.41) is 10.5. The summed E-state index contributed by atoms with van der Waals surface area (Å²) in [4.78, 5) is 16.7. The minimum Gasteiger partial charge on any atom is -0.478 e. The lowest BCUT2D eigenvalue weighted by Crippen LogP contribution is -2.10. The van der Waals surface area contributed by atoms with Gasteiger partial charge in [-0.3, -0.25) is 0 Å². The average molecular weight is 488 g/mol. The molecule has 0 spiro atoms. The molecule has 0 radical (unpaired) electrons. The van der Waals surface area contributed by atoms with Crippen LogP contribution in [0, 0.1) is 0 Å². The van der Waals surface area contributed by atoms with E-state index in [1.165, 1.54) is 0 Å². The topological polar surface area (TPSA) is 55.1 Å². The van der Waals surface area contributed by atoms with Gasteiger partial charge < -0.3 is 9.67 Å². The number of aromatic nitrogens is 2. The van der Waals surface area contributed by atoms with Gasteiger partial charge >= 0.3 is 5.97 Å². The third-order valence-electron chi connectivity index (χ3n) is 4.90. The number of rotatable bonds is 9. The van der Waals surface area contributed by atoms with Crippen molar-refractivity contribution in [2.45, 2.75) is 39.2 Å². The second-order valence-corrected chi connectivity index (χ2v) is 8.28. The van der Waals surface area contributed by atoms with Gasteiger partial charge in [-0.15, -0.1) is 0 Å². The van der Waals surface area contributed by atoms with Crippen LogP contribution in [0.3, 0.4) is 0 Å². The minimum absolute atomic E-state index is 0.309. The Labute approximate surface area is 190 Å². The van der Waals surface area contributed by atoms with E-state index in [9.17, 15) is 9.90 Å². The molecule has 156 valence electrons. The van der Waals surface area contributed by atoms with Gasteiger partial charge in [-0.25, -0.2) is 9.78 Å². The number of hydrogen-bond acceptors (Lipinski definition) is 2. The van der Waals surface area contributed by atoms with Crippen molar-refractivity contribution in [3.05, 3.63) is 92.4 Å². The Morgan fingerprint density at radius 1 is 1.17 bits per heavy atom. The number of aryl methyl sites for hydroxylation is 1. The molecule has 0 atom stereocenters. The molecule has 3 rings (SSSR count). The van der Waals surface area contributed by atoms with Crippen molar-refractivity contribution in [2.24, 2.45) is 0 Å². The SMILES string of the molecule is CCCCc1nc(Br)c(C=C(Cc2ccccc2)C(=O)O)n1Cc1ccccc1Cl. The maximum Gasteiger partial charge on any atom is 0.331 e. The highest BCUT2D eigenvalue weighted by atomic mass is 79.9. The average Bonchev–Trinajstić information content (AvgIpc) is 3.02. The zero-order valence-corrected chi connectivity index (χ0v) is 19.2. The van der Waals surface area contributed by atoms with Gasteiger partial charge in [0, 0.05) is 23.4 Å². The summed E-state index contributed by atoms with van der Waals surface area (Å²) in [5.41, 5.74) is 2.97. The molecule has 1 N–H and O–H groups in total. The quantitative estimate of drug-likeness (QED) is 0.355. The van der Waals surface area contributed by atoms with Crippen LogP contribution in [0.2, 0.25) is 5.02 Å². The van der Waals surface area contributed by atoms with E-state index in [1.54, 1.807) is 6.08 Å². The predicted octanol–water partition coefficient (Wildman–Crippen LogP) is 6.40. The lowest BCUT2D eigenvalue weighted by atomic mass is 10.0. The number of imidazole rings is 1. The summed E-state index contributed by atoms with van der Waals surface area (Å²) in [6.45, 7) is 2.67. The molecule has 0 aliphatic heterocycles. The molecule has 6 heteroatoms. The van der Waals surface area contributed by atoms with Crippen LogP contribution in [0.5, 0.6) is 0 Å². The van der Waals surface area contributed by atoms with Crippen molar-refractivity contribution >= 4 is 39.6 Å². The third kappa shape index (κ3) is 5.61. The van der Waals surface area contributed by atoms with E-state index in [1.807, 2.05) is 54.6 Å². The number of halogens is 2. The molecule has 1 aromatic heterocycles. The second kappa shape index (κ2) is 10.6. The number of aliphatic carboxylic acids is 1. The number of benzene rings is 2. The molecule has 0 saturated heterocycles. The minimum atomic E-state index is -0.939. The zero-order chi connectivity index (χ0) is 21.5. The Balaban J connectivity index is 2.05. The van der Waals surface area contributed by atoms with Gasteiger partial charge in [-0.05, 0) is 45.6 Å². The molecule has 0 amide bonds. The Morgan fingerprint density at radius 3 is 2.53 bits per heavy atom. The first-order valence-electron chi connectivity index (χ1n) is 9.95. The number of hydrogen-bond donors (Lipinski definition) is 1. The number of unbranched alkanes of at least 4 members (excludes halogenated alkanes) is 1. The van der Waals surface area contributed by atoms with E-state index < -0.39 is 5.97 Å². The second-order valence-electron chi connectivity index (χ2n) is 7.12. The smallest absolute Gasteiger partial charge is 0.331 e. The molecule has 0 bridgehead atoms. The maximum absolute atomic E-state index is 12.0. The van der Waals surface area contributed by atoms with Crippen molar-refractivity contribution in [2.75, 3.05) is 0 Å². The van der Waals surface area contributed by atoms with Crippen molar-refractivity contribution < 1.29 is 9.90 Å². The number of carboxylic acids is 1. The van der Waals surface area contributed by atoms with Gasteiger partial charge in [0.25, 0.3) is 0 Å².